The minimum Gasteiger partial charge on any atom is -0.444 e. The third-order valence-electron chi connectivity index (χ3n) is 3.49. The van der Waals surface area contributed by atoms with Gasteiger partial charge in [-0.2, -0.15) is 0 Å². The van der Waals surface area contributed by atoms with Crippen LogP contribution in [-0.4, -0.2) is 59.6 Å². The van der Waals surface area contributed by atoms with Crippen LogP contribution in [0.15, 0.2) is 0 Å². The molecule has 0 aromatic carbocycles. The molecule has 1 unspecified atom stereocenters. The maximum absolute atomic E-state index is 12.2. The van der Waals surface area contributed by atoms with Crippen LogP contribution in [0.5, 0.6) is 0 Å². The van der Waals surface area contributed by atoms with Gasteiger partial charge in [0.25, 0.3) is 0 Å². The molecule has 21 heavy (non-hydrogen) atoms. The highest BCUT2D eigenvalue weighted by atomic mass is 16.6. The van der Waals surface area contributed by atoms with Crippen LogP contribution in [0, 0.1) is 0 Å². The SMILES string of the molecule is C[C@H](N)C(=O)N1CCCCC1CN(C)C(=O)OC(C)(C)C. The summed E-state index contributed by atoms with van der Waals surface area (Å²) in [6.45, 7) is 8.41. The molecule has 2 atom stereocenters. The Bertz CT molecular complexity index is 377. The number of hydrogen-bond donors (Lipinski definition) is 1. The summed E-state index contributed by atoms with van der Waals surface area (Å²) < 4.78 is 5.34. The minimum atomic E-state index is -0.515. The topological polar surface area (TPSA) is 75.9 Å². The largest absolute Gasteiger partial charge is 0.444 e. The van der Waals surface area contributed by atoms with Crippen molar-refractivity contribution in [1.29, 1.82) is 0 Å². The zero-order valence-electron chi connectivity index (χ0n) is 13.9. The predicted molar refractivity (Wildman–Crippen MR) is 81.9 cm³/mol. The van der Waals surface area contributed by atoms with Gasteiger partial charge in [0, 0.05) is 26.2 Å². The number of carbonyl (C=O) groups excluding carboxylic acids is 2. The number of hydrogen-bond acceptors (Lipinski definition) is 4. The average Bonchev–Trinajstić information content (AvgIpc) is 2.36. The number of likely N-dealkylation sites (tertiary alicyclic amines) is 1. The van der Waals surface area contributed by atoms with E-state index in [0.29, 0.717) is 13.1 Å². The zero-order valence-corrected chi connectivity index (χ0v) is 13.9. The first-order valence-electron chi connectivity index (χ1n) is 7.62. The minimum absolute atomic E-state index is 0.0229. The van der Waals surface area contributed by atoms with Crippen LogP contribution in [0.2, 0.25) is 0 Å². The Morgan fingerprint density at radius 1 is 1.38 bits per heavy atom. The van der Waals surface area contributed by atoms with E-state index in [9.17, 15) is 9.59 Å². The van der Waals surface area contributed by atoms with Gasteiger partial charge in [-0.05, 0) is 47.0 Å². The number of nitrogens with zero attached hydrogens (tertiary/aromatic N) is 2. The molecule has 0 aromatic heterocycles. The molecule has 1 fully saturated rings. The van der Waals surface area contributed by atoms with Crippen molar-refractivity contribution >= 4 is 12.0 Å². The van der Waals surface area contributed by atoms with Gasteiger partial charge in [0.05, 0.1) is 6.04 Å². The van der Waals surface area contributed by atoms with Gasteiger partial charge in [0.1, 0.15) is 5.60 Å². The number of amides is 2. The van der Waals surface area contributed by atoms with Crippen LogP contribution in [0.4, 0.5) is 4.79 Å². The average molecular weight is 299 g/mol. The molecule has 1 aliphatic rings. The van der Waals surface area contributed by atoms with Crippen molar-refractivity contribution in [1.82, 2.24) is 9.80 Å². The molecule has 0 bridgehead atoms. The Morgan fingerprint density at radius 3 is 2.52 bits per heavy atom. The van der Waals surface area contributed by atoms with Crippen molar-refractivity contribution in [3.63, 3.8) is 0 Å². The van der Waals surface area contributed by atoms with Crippen molar-refractivity contribution < 1.29 is 14.3 Å². The van der Waals surface area contributed by atoms with Crippen LogP contribution in [0.1, 0.15) is 47.0 Å². The van der Waals surface area contributed by atoms with Crippen molar-refractivity contribution in [3.05, 3.63) is 0 Å². The van der Waals surface area contributed by atoms with E-state index in [-0.39, 0.29) is 18.0 Å². The van der Waals surface area contributed by atoms with Gasteiger partial charge in [-0.1, -0.05) is 0 Å². The molecule has 0 spiro atoms. The van der Waals surface area contributed by atoms with Crippen LogP contribution in [0.25, 0.3) is 0 Å². The van der Waals surface area contributed by atoms with E-state index in [1.807, 2.05) is 25.7 Å². The second-order valence-corrected chi connectivity index (χ2v) is 6.83. The van der Waals surface area contributed by atoms with E-state index < -0.39 is 11.6 Å². The molecule has 2 N–H and O–H groups in total. The Kier molecular flexibility index (Phi) is 6.01. The molecule has 0 saturated carbocycles. The summed E-state index contributed by atoms with van der Waals surface area (Å²) in [4.78, 5) is 27.5. The number of ether oxygens (including phenoxy) is 1. The monoisotopic (exact) mass is 299 g/mol. The lowest BCUT2D eigenvalue weighted by atomic mass is 10.0. The molecule has 1 aliphatic heterocycles. The normalized spacial score (nSPS) is 20.9. The molecule has 122 valence electrons. The number of likely N-dealkylation sites (N-methyl/N-ethyl adjacent to an activating group) is 1. The Morgan fingerprint density at radius 2 is 2.00 bits per heavy atom. The third-order valence-corrected chi connectivity index (χ3v) is 3.49. The molecular weight excluding hydrogens is 270 g/mol. The molecule has 1 heterocycles. The number of nitrogens with two attached hydrogens (primary N) is 1. The summed E-state index contributed by atoms with van der Waals surface area (Å²) in [6.07, 6.45) is 2.59. The van der Waals surface area contributed by atoms with Crippen LogP contribution in [-0.2, 0) is 9.53 Å². The van der Waals surface area contributed by atoms with E-state index in [2.05, 4.69) is 0 Å². The highest BCUT2D eigenvalue weighted by Gasteiger charge is 2.31. The molecule has 1 saturated heterocycles. The van der Waals surface area contributed by atoms with E-state index in [0.717, 1.165) is 19.3 Å². The van der Waals surface area contributed by atoms with Crippen molar-refractivity contribution in [2.45, 2.75) is 64.6 Å². The summed E-state index contributed by atoms with van der Waals surface area (Å²) >= 11 is 0. The standard InChI is InChI=1S/C15H29N3O3/c1-11(16)13(19)18-9-7-6-8-12(18)10-17(5)14(20)21-15(2,3)4/h11-12H,6-10,16H2,1-5H3/t11-,12?/m0/s1. The van der Waals surface area contributed by atoms with Crippen LogP contribution < -0.4 is 5.73 Å². The molecule has 2 amide bonds. The van der Waals surface area contributed by atoms with E-state index >= 15 is 0 Å². The quantitative estimate of drug-likeness (QED) is 0.858. The van der Waals surface area contributed by atoms with Crippen molar-refractivity contribution in [2.24, 2.45) is 5.73 Å². The third kappa shape index (κ3) is 5.53. The van der Waals surface area contributed by atoms with Gasteiger partial charge in [0.15, 0.2) is 0 Å². The van der Waals surface area contributed by atoms with Gasteiger partial charge in [-0.25, -0.2) is 4.79 Å². The smallest absolute Gasteiger partial charge is 0.410 e. The number of rotatable bonds is 3. The summed E-state index contributed by atoms with van der Waals surface area (Å²) in [6, 6.07) is -0.479. The van der Waals surface area contributed by atoms with Gasteiger partial charge in [-0.15, -0.1) is 0 Å². The van der Waals surface area contributed by atoms with Crippen LogP contribution in [0.3, 0.4) is 0 Å². The Balaban J connectivity index is 2.65. The van der Waals surface area contributed by atoms with E-state index in [4.69, 9.17) is 10.5 Å². The molecule has 6 heteroatoms. The lowest BCUT2D eigenvalue weighted by Crippen LogP contribution is -2.54. The fourth-order valence-corrected chi connectivity index (χ4v) is 2.47. The summed E-state index contributed by atoms with van der Waals surface area (Å²) in [5.74, 6) is -0.0442. The van der Waals surface area contributed by atoms with Crippen molar-refractivity contribution in [3.8, 4) is 0 Å². The Labute approximate surface area is 127 Å². The molecule has 0 radical (unpaired) electrons. The van der Waals surface area contributed by atoms with Crippen molar-refractivity contribution in [2.75, 3.05) is 20.1 Å². The second kappa shape index (κ2) is 7.11. The summed E-state index contributed by atoms with van der Waals surface area (Å²) in [5.41, 5.74) is 5.19. The lowest BCUT2D eigenvalue weighted by Gasteiger charge is -2.38. The molecule has 6 nitrogen and oxygen atoms in total. The number of carbonyl (C=O) groups is 2. The Hall–Kier alpha value is -1.30. The molecule has 0 aromatic rings. The predicted octanol–water partition coefficient (Wildman–Crippen LogP) is 1.58. The second-order valence-electron chi connectivity index (χ2n) is 6.83. The van der Waals surface area contributed by atoms with Gasteiger partial charge >= 0.3 is 6.09 Å². The summed E-state index contributed by atoms with van der Waals surface area (Å²) in [5, 5.41) is 0. The van der Waals surface area contributed by atoms with Crippen LogP contribution >= 0.6 is 0 Å². The fourth-order valence-electron chi connectivity index (χ4n) is 2.47. The first kappa shape index (κ1) is 17.8. The maximum Gasteiger partial charge on any atom is 0.410 e. The van der Waals surface area contributed by atoms with Gasteiger partial charge in [0.2, 0.25) is 5.91 Å². The molecule has 0 aliphatic carbocycles. The molecule has 1 rings (SSSR count). The van der Waals surface area contributed by atoms with Gasteiger partial charge < -0.3 is 20.3 Å². The maximum atomic E-state index is 12.2. The zero-order chi connectivity index (χ0) is 16.2. The number of piperidine rings is 1. The lowest BCUT2D eigenvalue weighted by molar-refractivity contribution is -0.136. The first-order valence-corrected chi connectivity index (χ1v) is 7.62. The molecular formula is C15H29N3O3. The van der Waals surface area contributed by atoms with Gasteiger partial charge in [-0.3, -0.25) is 4.79 Å². The summed E-state index contributed by atoms with van der Waals surface area (Å²) in [7, 11) is 1.71. The first-order chi connectivity index (χ1) is 9.61. The fraction of sp³-hybridized carbons (Fsp3) is 0.867. The highest BCUT2D eigenvalue weighted by molar-refractivity contribution is 5.81. The van der Waals surface area contributed by atoms with E-state index in [1.54, 1.807) is 18.9 Å². The van der Waals surface area contributed by atoms with E-state index in [1.165, 1.54) is 0 Å². The highest BCUT2D eigenvalue weighted by Crippen LogP contribution is 2.19.